The van der Waals surface area contributed by atoms with Gasteiger partial charge in [0.15, 0.2) is 0 Å². The van der Waals surface area contributed by atoms with Gasteiger partial charge in [-0.2, -0.15) is 0 Å². The quantitative estimate of drug-likeness (QED) is 0.843. The fourth-order valence-electron chi connectivity index (χ4n) is 2.34. The van der Waals surface area contributed by atoms with Crippen LogP contribution in [0.2, 0.25) is 5.02 Å². The molecule has 1 unspecified atom stereocenters. The van der Waals surface area contributed by atoms with Crippen molar-refractivity contribution in [1.82, 2.24) is 5.32 Å². The third-order valence-corrected chi connectivity index (χ3v) is 3.61. The minimum absolute atomic E-state index is 0.182. The van der Waals surface area contributed by atoms with Crippen molar-refractivity contribution in [3.05, 3.63) is 70.0 Å². The van der Waals surface area contributed by atoms with Crippen LogP contribution in [-0.2, 0) is 6.42 Å². The number of benzene rings is 2. The van der Waals surface area contributed by atoms with Gasteiger partial charge in [-0.1, -0.05) is 54.4 Å². The van der Waals surface area contributed by atoms with Gasteiger partial charge in [-0.3, -0.25) is 0 Å². The average molecular weight is 292 g/mol. The highest BCUT2D eigenvalue weighted by molar-refractivity contribution is 6.30. The van der Waals surface area contributed by atoms with Gasteiger partial charge in [-0.05, 0) is 43.1 Å². The molecule has 0 fully saturated rings. The summed E-state index contributed by atoms with van der Waals surface area (Å²) in [5, 5.41) is 3.65. The van der Waals surface area contributed by atoms with Gasteiger partial charge in [-0.15, -0.1) is 0 Å². The minimum Gasteiger partial charge on any atom is -0.310 e. The molecule has 0 aromatic heterocycles. The molecule has 3 heteroatoms. The molecule has 2 rings (SSSR count). The second-order valence-corrected chi connectivity index (χ2v) is 5.38. The molecule has 0 saturated carbocycles. The lowest BCUT2D eigenvalue weighted by Gasteiger charge is -2.19. The van der Waals surface area contributed by atoms with E-state index in [4.69, 9.17) is 11.6 Å². The van der Waals surface area contributed by atoms with E-state index >= 15 is 0 Å². The van der Waals surface area contributed by atoms with E-state index in [1.54, 1.807) is 12.1 Å². The van der Waals surface area contributed by atoms with Crippen LogP contribution < -0.4 is 5.32 Å². The van der Waals surface area contributed by atoms with E-state index in [1.165, 1.54) is 17.2 Å². The maximum absolute atomic E-state index is 13.2. The number of nitrogens with one attached hydrogen (secondary N) is 1. The molecule has 1 nitrogen and oxygen atoms in total. The van der Waals surface area contributed by atoms with Crippen molar-refractivity contribution >= 4 is 11.6 Å². The highest BCUT2D eigenvalue weighted by atomic mass is 35.5. The Labute approximate surface area is 124 Å². The van der Waals surface area contributed by atoms with Crippen LogP contribution in [0.3, 0.4) is 0 Å². The minimum atomic E-state index is -0.369. The number of likely N-dealkylation sites (N-methyl/N-ethyl adjacent to an activating group) is 1. The zero-order chi connectivity index (χ0) is 14.5. The van der Waals surface area contributed by atoms with Crippen molar-refractivity contribution in [3.8, 4) is 0 Å². The van der Waals surface area contributed by atoms with Crippen LogP contribution in [0.15, 0.2) is 42.5 Å². The monoisotopic (exact) mass is 291 g/mol. The molecule has 0 aliphatic heterocycles. The standard InChI is InChI=1S/C17H19ClFN/c1-3-20-17(14-6-4-5-12(2)9-14)11-13-7-8-16(19)15(18)10-13/h4-10,17,20H,3,11H2,1-2H3. The van der Waals surface area contributed by atoms with Crippen LogP contribution in [0.4, 0.5) is 4.39 Å². The summed E-state index contributed by atoms with van der Waals surface area (Å²) >= 11 is 5.85. The molecule has 20 heavy (non-hydrogen) atoms. The van der Waals surface area contributed by atoms with Crippen molar-refractivity contribution in [3.63, 3.8) is 0 Å². The number of rotatable bonds is 5. The van der Waals surface area contributed by atoms with Crippen molar-refractivity contribution in [2.24, 2.45) is 0 Å². The van der Waals surface area contributed by atoms with Crippen molar-refractivity contribution in [2.45, 2.75) is 26.3 Å². The summed E-state index contributed by atoms with van der Waals surface area (Å²) in [6.45, 7) is 5.05. The molecule has 0 radical (unpaired) electrons. The summed E-state index contributed by atoms with van der Waals surface area (Å²) in [4.78, 5) is 0. The molecule has 0 spiro atoms. The first-order valence-electron chi connectivity index (χ1n) is 6.84. The van der Waals surface area contributed by atoms with Gasteiger partial charge >= 0.3 is 0 Å². The third-order valence-electron chi connectivity index (χ3n) is 3.32. The van der Waals surface area contributed by atoms with Crippen LogP contribution in [0.25, 0.3) is 0 Å². The second-order valence-electron chi connectivity index (χ2n) is 4.98. The molecular formula is C17H19ClFN. The van der Waals surface area contributed by atoms with E-state index in [1.807, 2.05) is 0 Å². The molecule has 2 aromatic rings. The fourth-order valence-corrected chi connectivity index (χ4v) is 2.55. The predicted octanol–water partition coefficient (Wildman–Crippen LogP) is 4.68. The lowest BCUT2D eigenvalue weighted by atomic mass is 9.97. The molecule has 2 aromatic carbocycles. The Morgan fingerprint density at radius 1 is 1.20 bits per heavy atom. The smallest absolute Gasteiger partial charge is 0.141 e. The van der Waals surface area contributed by atoms with E-state index in [0.717, 1.165) is 18.5 Å². The third kappa shape index (κ3) is 3.81. The summed E-state index contributed by atoms with van der Waals surface area (Å²) in [6.07, 6.45) is 0.789. The van der Waals surface area contributed by atoms with Crippen molar-refractivity contribution in [1.29, 1.82) is 0 Å². The van der Waals surface area contributed by atoms with E-state index in [9.17, 15) is 4.39 Å². The Morgan fingerprint density at radius 3 is 2.65 bits per heavy atom. The van der Waals surface area contributed by atoms with Gasteiger partial charge in [-0.25, -0.2) is 4.39 Å². The molecule has 0 heterocycles. The van der Waals surface area contributed by atoms with Crippen LogP contribution in [-0.4, -0.2) is 6.54 Å². The van der Waals surface area contributed by atoms with Crippen LogP contribution in [0, 0.1) is 12.7 Å². The molecule has 0 aliphatic rings. The summed E-state index contributed by atoms with van der Waals surface area (Å²) < 4.78 is 13.2. The molecule has 0 bridgehead atoms. The summed E-state index contributed by atoms with van der Waals surface area (Å²) in [5.74, 6) is -0.369. The van der Waals surface area contributed by atoms with Gasteiger partial charge in [0.1, 0.15) is 5.82 Å². The Bertz CT molecular complexity index is 583. The first-order chi connectivity index (χ1) is 9.60. The normalized spacial score (nSPS) is 12.4. The molecule has 0 amide bonds. The number of hydrogen-bond donors (Lipinski definition) is 1. The van der Waals surface area contributed by atoms with E-state index in [0.29, 0.717) is 0 Å². The molecule has 0 aliphatic carbocycles. The highest BCUT2D eigenvalue weighted by Crippen LogP contribution is 2.22. The second kappa shape index (κ2) is 6.87. The molecule has 0 saturated heterocycles. The first kappa shape index (κ1) is 15.0. The van der Waals surface area contributed by atoms with Gasteiger partial charge in [0.2, 0.25) is 0 Å². The maximum atomic E-state index is 13.2. The van der Waals surface area contributed by atoms with Crippen LogP contribution in [0.5, 0.6) is 0 Å². The first-order valence-corrected chi connectivity index (χ1v) is 7.22. The summed E-state index contributed by atoms with van der Waals surface area (Å²) in [6, 6.07) is 13.6. The molecule has 106 valence electrons. The fraction of sp³-hybridized carbons (Fsp3) is 0.294. The zero-order valence-electron chi connectivity index (χ0n) is 11.8. The number of halogens is 2. The zero-order valence-corrected chi connectivity index (χ0v) is 12.5. The van der Waals surface area contributed by atoms with E-state index in [-0.39, 0.29) is 16.9 Å². The van der Waals surface area contributed by atoms with Crippen molar-refractivity contribution in [2.75, 3.05) is 6.54 Å². The van der Waals surface area contributed by atoms with Gasteiger partial charge in [0.25, 0.3) is 0 Å². The van der Waals surface area contributed by atoms with E-state index in [2.05, 4.69) is 43.4 Å². The Balaban J connectivity index is 2.22. The van der Waals surface area contributed by atoms with Gasteiger partial charge < -0.3 is 5.32 Å². The Kier molecular flexibility index (Phi) is 5.16. The molecule has 1 atom stereocenters. The lowest BCUT2D eigenvalue weighted by molar-refractivity contribution is 0.548. The maximum Gasteiger partial charge on any atom is 0.141 e. The number of hydrogen-bond acceptors (Lipinski definition) is 1. The Hall–Kier alpha value is -1.38. The van der Waals surface area contributed by atoms with Gasteiger partial charge in [0, 0.05) is 6.04 Å². The topological polar surface area (TPSA) is 12.0 Å². The van der Waals surface area contributed by atoms with Crippen LogP contribution in [0.1, 0.15) is 29.7 Å². The summed E-state index contributed by atoms with van der Waals surface area (Å²) in [5.41, 5.74) is 3.51. The average Bonchev–Trinajstić information content (AvgIpc) is 2.42. The van der Waals surface area contributed by atoms with Crippen LogP contribution >= 0.6 is 11.6 Å². The SMILES string of the molecule is CCNC(Cc1ccc(F)c(Cl)c1)c1cccc(C)c1. The highest BCUT2D eigenvalue weighted by Gasteiger charge is 2.12. The van der Waals surface area contributed by atoms with E-state index < -0.39 is 0 Å². The molecular weight excluding hydrogens is 273 g/mol. The van der Waals surface area contributed by atoms with Crippen molar-refractivity contribution < 1.29 is 4.39 Å². The largest absolute Gasteiger partial charge is 0.310 e. The lowest BCUT2D eigenvalue weighted by Crippen LogP contribution is -2.23. The van der Waals surface area contributed by atoms with Gasteiger partial charge in [0.05, 0.1) is 5.02 Å². The molecule has 1 N–H and O–H groups in total. The summed E-state index contributed by atoms with van der Waals surface area (Å²) in [7, 11) is 0. The predicted molar refractivity (Wildman–Crippen MR) is 82.7 cm³/mol. The Morgan fingerprint density at radius 2 is 2.00 bits per heavy atom. The number of aryl methyl sites for hydroxylation is 1.